The molecule has 0 aliphatic carbocycles. The lowest BCUT2D eigenvalue weighted by molar-refractivity contribution is -0.448. The van der Waals surface area contributed by atoms with Crippen molar-refractivity contribution < 1.29 is 22.0 Å². The van der Waals surface area contributed by atoms with Crippen molar-refractivity contribution >= 4 is 38.5 Å². The fourth-order valence-electron chi connectivity index (χ4n) is 2.44. The molecule has 0 amide bonds. The number of nitrogens with one attached hydrogen (secondary N) is 2. The Hall–Kier alpha value is -0.990. The van der Waals surface area contributed by atoms with E-state index in [0.29, 0.717) is 10.9 Å². The van der Waals surface area contributed by atoms with Crippen molar-refractivity contribution in [3.05, 3.63) is 46.4 Å². The predicted octanol–water partition coefficient (Wildman–Crippen LogP) is -2.15. The van der Waals surface area contributed by atoms with Gasteiger partial charge >= 0.3 is 10.7 Å². The van der Waals surface area contributed by atoms with Gasteiger partial charge in [-0.25, -0.2) is 10.00 Å². The van der Waals surface area contributed by atoms with Gasteiger partial charge < -0.3 is 17.0 Å². The van der Waals surface area contributed by atoms with Crippen LogP contribution in [-0.4, -0.2) is 31.7 Å². The van der Waals surface area contributed by atoms with Gasteiger partial charge in [-0.15, -0.1) is 0 Å². The van der Waals surface area contributed by atoms with Crippen LogP contribution in [0, 0.1) is 6.92 Å². The average molecular weight is 462 g/mol. The summed E-state index contributed by atoms with van der Waals surface area (Å²) in [4.78, 5) is 16.1. The Labute approximate surface area is 158 Å². The zero-order chi connectivity index (χ0) is 15.7. The summed E-state index contributed by atoms with van der Waals surface area (Å²) in [5.41, 5.74) is 2.35. The smallest absolute Gasteiger partial charge is 0.318 e. The second-order valence-corrected chi connectivity index (χ2v) is 7.12. The third-order valence-corrected chi connectivity index (χ3v) is 6.10. The summed E-state index contributed by atoms with van der Waals surface area (Å²) in [6.45, 7) is 2.85. The maximum atomic E-state index is 12.8. The van der Waals surface area contributed by atoms with Gasteiger partial charge in [0.15, 0.2) is 0 Å². The van der Waals surface area contributed by atoms with Crippen LogP contribution in [0.3, 0.4) is 0 Å². The minimum absolute atomic E-state index is 0. The molecule has 0 saturated carbocycles. The van der Waals surface area contributed by atoms with Gasteiger partial charge in [-0.3, -0.25) is 14.5 Å². The number of para-hydroxylation sites is 1. The van der Waals surface area contributed by atoms with Crippen molar-refractivity contribution in [3.63, 3.8) is 0 Å². The first-order chi connectivity index (χ1) is 10.6. The highest BCUT2D eigenvalue weighted by Gasteiger charge is 2.27. The van der Waals surface area contributed by atoms with Gasteiger partial charge in [-0.2, -0.15) is 0 Å². The van der Waals surface area contributed by atoms with Gasteiger partial charge in [-0.1, -0.05) is 34.1 Å². The summed E-state index contributed by atoms with van der Waals surface area (Å²) >= 11 is 5.22. The summed E-state index contributed by atoms with van der Waals surface area (Å²) in [6.07, 6.45) is 0. The quantitative estimate of drug-likeness (QED) is 0.512. The number of alkyl halides is 1. The number of halogens is 2. The summed E-state index contributed by atoms with van der Waals surface area (Å²) in [7, 11) is 1.90. The van der Waals surface area contributed by atoms with E-state index in [1.54, 1.807) is 16.4 Å². The monoisotopic (exact) mass is 460 g/mol. The Balaban J connectivity index is 0.00000192. The van der Waals surface area contributed by atoms with E-state index >= 15 is 0 Å². The van der Waals surface area contributed by atoms with E-state index in [4.69, 9.17) is 0 Å². The first-order valence-corrected chi connectivity index (χ1v) is 9.06. The van der Waals surface area contributed by atoms with Crippen molar-refractivity contribution in [1.82, 2.24) is 9.36 Å². The Morgan fingerprint density at radius 2 is 2.09 bits per heavy atom. The number of thioether (sulfide) groups is 1. The number of hydrogen-bond acceptors (Lipinski definition) is 3. The second-order valence-electron chi connectivity index (χ2n) is 5.17. The van der Waals surface area contributed by atoms with Crippen LogP contribution in [0.4, 0.5) is 5.69 Å². The number of anilines is 1. The van der Waals surface area contributed by atoms with Crippen LogP contribution in [0.15, 0.2) is 35.1 Å². The topological polar surface area (TPSA) is 52.9 Å². The standard InChI is InChI=1S/C15H17BrN4OS.BrH/c1-10-13(18-15-17-9-12(8-16)22-15)14(21)20(19(10)2)11-6-4-3-5-7-11;/h3-7,12H,8-9H2,1-2H3,(H,17,18);1H. The second kappa shape index (κ2) is 7.72. The fraction of sp³-hybridized carbons (Fsp3) is 0.333. The highest BCUT2D eigenvalue weighted by molar-refractivity contribution is 9.09. The SMILES string of the molecule is Cc1c(NC2=[NH+]CC(CBr)S2)c(=O)n(-c2ccccc2)n1C.[Br-]. The molecule has 1 aliphatic rings. The van der Waals surface area contributed by atoms with Gasteiger partial charge in [0.25, 0.3) is 0 Å². The molecule has 1 aromatic carbocycles. The van der Waals surface area contributed by atoms with Crippen LogP contribution in [0.2, 0.25) is 0 Å². The number of benzene rings is 1. The first-order valence-electron chi connectivity index (χ1n) is 7.06. The van der Waals surface area contributed by atoms with Gasteiger partial charge in [0.2, 0.25) is 5.69 Å². The molecule has 0 saturated heterocycles. The van der Waals surface area contributed by atoms with Crippen molar-refractivity contribution in [2.75, 3.05) is 17.2 Å². The van der Waals surface area contributed by atoms with Crippen LogP contribution >= 0.6 is 27.7 Å². The van der Waals surface area contributed by atoms with Crippen LogP contribution in [0.25, 0.3) is 5.69 Å². The van der Waals surface area contributed by atoms with E-state index < -0.39 is 0 Å². The van der Waals surface area contributed by atoms with E-state index in [2.05, 4.69) is 26.2 Å². The summed E-state index contributed by atoms with van der Waals surface area (Å²) < 4.78 is 3.56. The Morgan fingerprint density at radius 1 is 1.39 bits per heavy atom. The third-order valence-electron chi connectivity index (χ3n) is 3.74. The molecule has 2 heterocycles. The summed E-state index contributed by atoms with van der Waals surface area (Å²) in [5.74, 6) is 0. The maximum absolute atomic E-state index is 12.8. The molecule has 8 heteroatoms. The average Bonchev–Trinajstić information content (AvgIpc) is 3.07. The van der Waals surface area contributed by atoms with Crippen LogP contribution in [-0.2, 0) is 7.05 Å². The third kappa shape index (κ3) is 3.59. The van der Waals surface area contributed by atoms with Crippen molar-refractivity contribution in [1.29, 1.82) is 0 Å². The molecule has 0 spiro atoms. The summed E-state index contributed by atoms with van der Waals surface area (Å²) in [5, 5.41) is 5.62. The molecule has 0 bridgehead atoms. The van der Waals surface area contributed by atoms with Gasteiger partial charge in [-0.05, 0) is 30.8 Å². The minimum atomic E-state index is -0.0385. The fourth-order valence-corrected chi connectivity index (χ4v) is 3.96. The maximum Gasteiger partial charge on any atom is 0.318 e. The van der Waals surface area contributed by atoms with Gasteiger partial charge in [0.05, 0.1) is 23.2 Å². The number of nitrogens with zero attached hydrogens (tertiary/aromatic N) is 2. The predicted molar refractivity (Wildman–Crippen MR) is 95.4 cm³/mol. The molecule has 23 heavy (non-hydrogen) atoms. The largest absolute Gasteiger partial charge is 1.00 e. The minimum Gasteiger partial charge on any atom is -1.00 e. The molecule has 0 radical (unpaired) electrons. The van der Waals surface area contributed by atoms with E-state index in [-0.39, 0.29) is 22.5 Å². The molecule has 3 rings (SSSR count). The van der Waals surface area contributed by atoms with Gasteiger partial charge in [0, 0.05) is 12.4 Å². The number of hydrogen-bond donors (Lipinski definition) is 2. The molecule has 1 aliphatic heterocycles. The highest BCUT2D eigenvalue weighted by Crippen LogP contribution is 2.19. The lowest BCUT2D eigenvalue weighted by atomic mass is 10.3. The molecule has 2 aromatic rings. The van der Waals surface area contributed by atoms with E-state index in [1.165, 1.54) is 0 Å². The lowest BCUT2D eigenvalue weighted by Gasteiger charge is -2.06. The number of rotatable bonds is 3. The van der Waals surface area contributed by atoms with Gasteiger partial charge in [0.1, 0.15) is 0 Å². The molecule has 1 unspecified atom stereocenters. The lowest BCUT2D eigenvalue weighted by Crippen LogP contribution is -3.00. The van der Waals surface area contributed by atoms with E-state index in [0.717, 1.165) is 28.4 Å². The van der Waals surface area contributed by atoms with Crippen LogP contribution in [0.1, 0.15) is 5.69 Å². The highest BCUT2D eigenvalue weighted by atomic mass is 79.9. The molecule has 5 nitrogen and oxygen atoms in total. The molecule has 2 N–H and O–H groups in total. The molecular formula is C15H18Br2N4OS. The van der Waals surface area contributed by atoms with Crippen molar-refractivity contribution in [3.8, 4) is 5.69 Å². The molecular weight excluding hydrogens is 444 g/mol. The first kappa shape index (κ1) is 18.4. The van der Waals surface area contributed by atoms with Crippen molar-refractivity contribution in [2.45, 2.75) is 12.2 Å². The van der Waals surface area contributed by atoms with E-state index in [9.17, 15) is 4.79 Å². The zero-order valence-corrected chi connectivity index (χ0v) is 16.8. The van der Waals surface area contributed by atoms with Crippen molar-refractivity contribution in [2.24, 2.45) is 7.05 Å². The molecule has 124 valence electrons. The zero-order valence-electron chi connectivity index (χ0n) is 12.8. The molecule has 0 fully saturated rings. The molecule has 1 atom stereocenters. The van der Waals surface area contributed by atoms with Crippen LogP contribution < -0.4 is 32.8 Å². The summed E-state index contributed by atoms with van der Waals surface area (Å²) in [6, 6.07) is 9.67. The Kier molecular flexibility index (Phi) is 6.16. The number of amidine groups is 1. The normalized spacial score (nSPS) is 16.8. The van der Waals surface area contributed by atoms with Crippen LogP contribution in [0.5, 0.6) is 0 Å². The molecule has 1 aromatic heterocycles. The number of aromatic nitrogens is 2. The Bertz CT molecular complexity index is 770. The van der Waals surface area contributed by atoms with E-state index in [1.807, 2.05) is 49.0 Å². The Morgan fingerprint density at radius 3 is 2.70 bits per heavy atom.